The highest BCUT2D eigenvalue weighted by molar-refractivity contribution is 5.87. The lowest BCUT2D eigenvalue weighted by atomic mass is 10.1. The Morgan fingerprint density at radius 1 is 1.13 bits per heavy atom. The maximum absolute atomic E-state index is 13.5. The lowest BCUT2D eigenvalue weighted by Crippen LogP contribution is -2.36. The minimum absolute atomic E-state index is 0.0771. The summed E-state index contributed by atoms with van der Waals surface area (Å²) in [5.41, 5.74) is 9.16. The molecule has 0 spiro atoms. The van der Waals surface area contributed by atoms with E-state index in [2.05, 4.69) is 15.3 Å². The van der Waals surface area contributed by atoms with Gasteiger partial charge in [-0.3, -0.25) is 9.13 Å². The van der Waals surface area contributed by atoms with Crippen molar-refractivity contribution in [3.63, 3.8) is 0 Å². The number of benzene rings is 1. The number of nitrogens with zero attached hydrogens (tertiary/aromatic N) is 4. The largest absolute Gasteiger partial charge is 0.473 e. The van der Waals surface area contributed by atoms with E-state index in [1.807, 2.05) is 47.0 Å². The molecule has 4 heterocycles. The molecule has 3 aromatic heterocycles. The molecule has 0 saturated carbocycles. The predicted molar refractivity (Wildman–Crippen MR) is 119 cm³/mol. The molecule has 1 aliphatic rings. The van der Waals surface area contributed by atoms with Crippen LogP contribution in [0.2, 0.25) is 0 Å². The third-order valence-corrected chi connectivity index (χ3v) is 5.66. The van der Waals surface area contributed by atoms with Crippen LogP contribution in [-0.4, -0.2) is 32.2 Å². The molecule has 0 radical (unpaired) electrons. The molecular formula is C23H24N6O2. The summed E-state index contributed by atoms with van der Waals surface area (Å²) in [6, 6.07) is 15.4. The van der Waals surface area contributed by atoms with E-state index in [0.717, 1.165) is 37.0 Å². The van der Waals surface area contributed by atoms with Gasteiger partial charge in [0.1, 0.15) is 17.9 Å². The minimum Gasteiger partial charge on any atom is -0.473 e. The SMILES string of the molecule is Nc1nccc2c1n(-c1ccc(OCc3ccccc3)nc1)c(=O)n2[C@@H]1CCCNC1. The summed E-state index contributed by atoms with van der Waals surface area (Å²) in [5, 5.41) is 3.38. The number of aromatic nitrogens is 4. The van der Waals surface area contributed by atoms with Crippen LogP contribution < -0.4 is 21.5 Å². The van der Waals surface area contributed by atoms with E-state index in [1.165, 1.54) is 0 Å². The highest BCUT2D eigenvalue weighted by Crippen LogP contribution is 2.26. The molecule has 1 aromatic carbocycles. The van der Waals surface area contributed by atoms with Gasteiger partial charge in [-0.05, 0) is 37.1 Å². The van der Waals surface area contributed by atoms with Crippen molar-refractivity contribution in [3.05, 3.63) is 77.0 Å². The van der Waals surface area contributed by atoms with Gasteiger partial charge < -0.3 is 15.8 Å². The molecule has 5 rings (SSSR count). The van der Waals surface area contributed by atoms with Crippen LogP contribution in [0.3, 0.4) is 0 Å². The Kier molecular flexibility index (Phi) is 5.13. The van der Waals surface area contributed by atoms with Crippen molar-refractivity contribution in [3.8, 4) is 11.6 Å². The Bertz CT molecular complexity index is 1240. The Hall–Kier alpha value is -3.65. The van der Waals surface area contributed by atoms with E-state index >= 15 is 0 Å². The summed E-state index contributed by atoms with van der Waals surface area (Å²) in [6.45, 7) is 2.16. The van der Waals surface area contributed by atoms with Crippen LogP contribution in [0.1, 0.15) is 24.4 Å². The van der Waals surface area contributed by atoms with Gasteiger partial charge >= 0.3 is 5.69 Å². The molecule has 1 aliphatic heterocycles. The van der Waals surface area contributed by atoms with Gasteiger partial charge in [-0.1, -0.05) is 30.3 Å². The van der Waals surface area contributed by atoms with Gasteiger partial charge in [-0.15, -0.1) is 0 Å². The van der Waals surface area contributed by atoms with Gasteiger partial charge in [-0.2, -0.15) is 0 Å². The number of piperidine rings is 1. The van der Waals surface area contributed by atoms with E-state index in [4.69, 9.17) is 10.5 Å². The standard InChI is InChI=1S/C23H24N6O2/c24-22-21-19(10-12-26-22)28(17-7-4-11-25-13-17)23(30)29(21)18-8-9-20(27-14-18)31-15-16-5-2-1-3-6-16/h1-3,5-6,8-10,12,14,17,25H,4,7,11,13,15H2,(H2,24,26)/t17-/m1/s1. The first-order chi connectivity index (χ1) is 15.2. The highest BCUT2D eigenvalue weighted by Gasteiger charge is 2.24. The number of pyridine rings is 2. The van der Waals surface area contributed by atoms with Crippen LogP contribution in [0, 0.1) is 0 Å². The second-order valence-corrected chi connectivity index (χ2v) is 7.68. The fourth-order valence-electron chi connectivity index (χ4n) is 4.16. The second kappa shape index (κ2) is 8.23. The Balaban J connectivity index is 1.51. The number of anilines is 1. The first-order valence-electron chi connectivity index (χ1n) is 10.4. The van der Waals surface area contributed by atoms with Gasteiger partial charge in [0, 0.05) is 18.8 Å². The molecule has 0 aliphatic carbocycles. The number of rotatable bonds is 5. The molecule has 158 valence electrons. The maximum atomic E-state index is 13.5. The van der Waals surface area contributed by atoms with Crippen molar-refractivity contribution in [1.29, 1.82) is 0 Å². The number of nitrogen functional groups attached to an aromatic ring is 1. The van der Waals surface area contributed by atoms with Crippen LogP contribution in [-0.2, 0) is 6.61 Å². The van der Waals surface area contributed by atoms with Gasteiger partial charge in [0.05, 0.1) is 23.4 Å². The fraction of sp³-hybridized carbons (Fsp3) is 0.261. The van der Waals surface area contributed by atoms with Crippen LogP contribution in [0.4, 0.5) is 5.82 Å². The molecule has 8 nitrogen and oxygen atoms in total. The van der Waals surface area contributed by atoms with Gasteiger partial charge in [-0.25, -0.2) is 14.8 Å². The van der Waals surface area contributed by atoms with Crippen molar-refractivity contribution in [1.82, 2.24) is 24.4 Å². The zero-order valence-electron chi connectivity index (χ0n) is 17.1. The molecule has 31 heavy (non-hydrogen) atoms. The zero-order chi connectivity index (χ0) is 21.2. The first-order valence-corrected chi connectivity index (χ1v) is 10.4. The van der Waals surface area contributed by atoms with E-state index < -0.39 is 0 Å². The van der Waals surface area contributed by atoms with Gasteiger partial charge in [0.25, 0.3) is 0 Å². The summed E-state index contributed by atoms with van der Waals surface area (Å²) in [4.78, 5) is 22.1. The smallest absolute Gasteiger partial charge is 0.334 e. The summed E-state index contributed by atoms with van der Waals surface area (Å²) in [5.74, 6) is 0.813. The third-order valence-electron chi connectivity index (χ3n) is 5.66. The molecule has 1 atom stereocenters. The molecule has 0 bridgehead atoms. The monoisotopic (exact) mass is 416 g/mol. The average Bonchev–Trinajstić information content (AvgIpc) is 3.12. The predicted octanol–water partition coefficient (Wildman–Crippen LogP) is 2.67. The number of ether oxygens (including phenoxy) is 1. The molecule has 1 saturated heterocycles. The molecule has 1 fully saturated rings. The van der Waals surface area contributed by atoms with Crippen LogP contribution in [0.15, 0.2) is 65.7 Å². The van der Waals surface area contributed by atoms with E-state index in [-0.39, 0.29) is 11.7 Å². The van der Waals surface area contributed by atoms with E-state index in [1.54, 1.807) is 23.0 Å². The maximum Gasteiger partial charge on any atom is 0.334 e. The molecule has 8 heteroatoms. The zero-order valence-corrected chi connectivity index (χ0v) is 17.1. The molecular weight excluding hydrogens is 392 g/mol. The number of imidazole rings is 1. The van der Waals surface area contributed by atoms with Crippen LogP contribution >= 0.6 is 0 Å². The van der Waals surface area contributed by atoms with Crippen LogP contribution in [0.5, 0.6) is 5.88 Å². The molecule has 4 aromatic rings. The normalized spacial score (nSPS) is 16.5. The molecule has 0 unspecified atom stereocenters. The lowest BCUT2D eigenvalue weighted by molar-refractivity contribution is 0.294. The Morgan fingerprint density at radius 3 is 2.74 bits per heavy atom. The van der Waals surface area contributed by atoms with Gasteiger partial charge in [0.15, 0.2) is 0 Å². The number of hydrogen-bond donors (Lipinski definition) is 2. The third kappa shape index (κ3) is 3.66. The number of fused-ring (bicyclic) bond motifs is 1. The van der Waals surface area contributed by atoms with E-state index in [0.29, 0.717) is 29.5 Å². The summed E-state index contributed by atoms with van der Waals surface area (Å²) >= 11 is 0. The minimum atomic E-state index is -0.136. The molecule has 0 amide bonds. The van der Waals surface area contributed by atoms with Crippen molar-refractivity contribution in [2.24, 2.45) is 0 Å². The van der Waals surface area contributed by atoms with Crippen molar-refractivity contribution in [2.45, 2.75) is 25.5 Å². The van der Waals surface area contributed by atoms with Crippen LogP contribution in [0.25, 0.3) is 16.7 Å². The quantitative estimate of drug-likeness (QED) is 0.519. The van der Waals surface area contributed by atoms with Crippen molar-refractivity contribution in [2.75, 3.05) is 18.8 Å². The number of nitrogens with two attached hydrogens (primary N) is 1. The Morgan fingerprint density at radius 2 is 2.00 bits per heavy atom. The average molecular weight is 416 g/mol. The fourth-order valence-corrected chi connectivity index (χ4v) is 4.16. The molecule has 3 N–H and O–H groups in total. The lowest BCUT2D eigenvalue weighted by Gasteiger charge is -2.23. The van der Waals surface area contributed by atoms with E-state index in [9.17, 15) is 4.79 Å². The summed E-state index contributed by atoms with van der Waals surface area (Å²) in [7, 11) is 0. The van der Waals surface area contributed by atoms with Crippen molar-refractivity contribution >= 4 is 16.9 Å². The summed E-state index contributed by atoms with van der Waals surface area (Å²) < 4.78 is 9.21. The van der Waals surface area contributed by atoms with Crippen molar-refractivity contribution < 1.29 is 4.74 Å². The van der Waals surface area contributed by atoms with Gasteiger partial charge in [0.2, 0.25) is 5.88 Å². The number of hydrogen-bond acceptors (Lipinski definition) is 6. The summed E-state index contributed by atoms with van der Waals surface area (Å²) in [6.07, 6.45) is 5.25. The Labute approximate surface area is 179 Å². The topological polar surface area (TPSA) is 100.0 Å². The second-order valence-electron chi connectivity index (χ2n) is 7.68. The number of nitrogens with one attached hydrogen (secondary N) is 1. The first kappa shape index (κ1) is 19.3. The highest BCUT2D eigenvalue weighted by atomic mass is 16.5.